The Morgan fingerprint density at radius 2 is 1.86 bits per heavy atom. The van der Waals surface area contributed by atoms with Crippen LogP contribution < -0.4 is 4.90 Å². The second-order valence-corrected chi connectivity index (χ2v) is 7.00. The van der Waals surface area contributed by atoms with Gasteiger partial charge in [0.15, 0.2) is 0 Å². The predicted octanol–water partition coefficient (Wildman–Crippen LogP) is 2.95. The van der Waals surface area contributed by atoms with Crippen LogP contribution in [0, 0.1) is 0 Å². The summed E-state index contributed by atoms with van der Waals surface area (Å²) in [4.78, 5) is 32.8. The molecule has 1 saturated heterocycles. The monoisotopic (exact) mass is 417 g/mol. The minimum atomic E-state index is -0.546. The zero-order valence-electron chi connectivity index (χ0n) is 16.5. The molecule has 2 aromatic rings. The van der Waals surface area contributed by atoms with Gasteiger partial charge in [-0.15, -0.1) is 0 Å². The summed E-state index contributed by atoms with van der Waals surface area (Å²) in [6, 6.07) is 10.3. The van der Waals surface area contributed by atoms with Crippen molar-refractivity contribution in [2.45, 2.75) is 13.0 Å². The topological polar surface area (TPSA) is 72.0 Å². The van der Waals surface area contributed by atoms with E-state index in [-0.39, 0.29) is 11.9 Å². The Hall–Kier alpha value is -2.64. The van der Waals surface area contributed by atoms with Crippen LogP contribution in [0.4, 0.5) is 5.82 Å². The van der Waals surface area contributed by atoms with E-state index in [0.717, 1.165) is 11.4 Å². The molecule has 1 aromatic carbocycles. The number of hydrogen-bond donors (Lipinski definition) is 0. The number of hydrogen-bond acceptors (Lipinski definition) is 7. The van der Waals surface area contributed by atoms with Crippen LogP contribution in [0.2, 0.25) is 5.02 Å². The van der Waals surface area contributed by atoms with E-state index in [1.54, 1.807) is 19.1 Å². The molecule has 3 rings (SSSR count). The van der Waals surface area contributed by atoms with Crippen molar-refractivity contribution in [2.24, 2.45) is 0 Å². The summed E-state index contributed by atoms with van der Waals surface area (Å²) < 4.78 is 10.0. The molecule has 1 unspecified atom stereocenters. The first-order valence-electron chi connectivity index (χ1n) is 9.49. The molecule has 0 aliphatic carbocycles. The Balaban J connectivity index is 1.69. The third-order valence-electron chi connectivity index (χ3n) is 4.89. The second-order valence-electron chi connectivity index (χ2n) is 6.60. The number of benzene rings is 1. The van der Waals surface area contributed by atoms with E-state index in [0.29, 0.717) is 43.4 Å². The maximum atomic E-state index is 12.5. The van der Waals surface area contributed by atoms with Crippen molar-refractivity contribution in [3.05, 3.63) is 58.7 Å². The first-order chi connectivity index (χ1) is 14.0. The lowest BCUT2D eigenvalue weighted by Gasteiger charge is -2.38. The Morgan fingerprint density at radius 3 is 2.45 bits per heavy atom. The summed E-state index contributed by atoms with van der Waals surface area (Å²) in [6.45, 7) is 4.75. The van der Waals surface area contributed by atoms with E-state index in [1.165, 1.54) is 13.3 Å². The van der Waals surface area contributed by atoms with Crippen molar-refractivity contribution in [3.63, 3.8) is 0 Å². The van der Waals surface area contributed by atoms with Crippen LogP contribution in [-0.4, -0.2) is 61.7 Å². The van der Waals surface area contributed by atoms with Gasteiger partial charge in [0.05, 0.1) is 19.3 Å². The van der Waals surface area contributed by atoms with E-state index in [1.807, 2.05) is 24.3 Å². The van der Waals surface area contributed by atoms with Crippen molar-refractivity contribution in [1.82, 2.24) is 9.88 Å². The molecule has 1 aliphatic heterocycles. The van der Waals surface area contributed by atoms with E-state index in [9.17, 15) is 9.59 Å². The molecule has 154 valence electrons. The third kappa shape index (κ3) is 4.86. The molecule has 1 atom stereocenters. The highest BCUT2D eigenvalue weighted by molar-refractivity contribution is 6.31. The number of methoxy groups -OCH3 is 1. The number of carbonyl (C=O) groups excluding carboxylic acids is 2. The average Bonchev–Trinajstić information content (AvgIpc) is 2.76. The minimum absolute atomic E-state index is 0.329. The number of pyridine rings is 1. The number of esters is 2. The molecule has 0 amide bonds. The summed E-state index contributed by atoms with van der Waals surface area (Å²) in [7, 11) is 1.39. The fraction of sp³-hybridized carbons (Fsp3) is 0.381. The quantitative estimate of drug-likeness (QED) is 0.669. The van der Waals surface area contributed by atoms with Gasteiger partial charge in [0.25, 0.3) is 0 Å². The molecule has 29 heavy (non-hydrogen) atoms. The van der Waals surface area contributed by atoms with Crippen LogP contribution in [0.5, 0.6) is 0 Å². The first-order valence-corrected chi connectivity index (χ1v) is 9.87. The van der Waals surface area contributed by atoms with E-state index in [2.05, 4.69) is 14.8 Å². The molecule has 0 bridgehead atoms. The van der Waals surface area contributed by atoms with E-state index < -0.39 is 6.04 Å². The summed E-state index contributed by atoms with van der Waals surface area (Å²) in [5.74, 6) is 0.0746. The first kappa shape index (κ1) is 21.1. The van der Waals surface area contributed by atoms with Crippen LogP contribution in [0.3, 0.4) is 0 Å². The summed E-state index contributed by atoms with van der Waals surface area (Å²) >= 11 is 6.33. The number of aromatic nitrogens is 1. The van der Waals surface area contributed by atoms with Crippen molar-refractivity contribution in [2.75, 3.05) is 44.8 Å². The Morgan fingerprint density at radius 1 is 1.14 bits per heavy atom. The molecule has 0 spiro atoms. The highest BCUT2D eigenvalue weighted by Gasteiger charge is 2.32. The number of anilines is 1. The standard InChI is InChI=1S/C21H24ClN3O4/c1-3-29-20(26)15-8-9-18(23-14-15)24-10-12-25(13-11-24)19(21(27)28-2)16-6-4-5-7-17(16)22/h4-9,14,19H,3,10-13H2,1-2H3. The Kier molecular flexibility index (Phi) is 7.06. The van der Waals surface area contributed by atoms with Gasteiger partial charge < -0.3 is 14.4 Å². The maximum absolute atomic E-state index is 12.5. The normalized spacial score (nSPS) is 15.6. The molecule has 7 nitrogen and oxygen atoms in total. The molecule has 0 radical (unpaired) electrons. The zero-order valence-corrected chi connectivity index (χ0v) is 17.3. The minimum Gasteiger partial charge on any atom is -0.468 e. The molecular formula is C21H24ClN3O4. The van der Waals surface area contributed by atoms with Crippen LogP contribution in [-0.2, 0) is 14.3 Å². The summed E-state index contributed by atoms with van der Waals surface area (Å²) in [5.41, 5.74) is 1.17. The average molecular weight is 418 g/mol. The number of ether oxygens (including phenoxy) is 2. The van der Waals surface area contributed by atoms with Gasteiger partial charge in [-0.3, -0.25) is 4.90 Å². The molecular weight excluding hydrogens is 394 g/mol. The summed E-state index contributed by atoms with van der Waals surface area (Å²) in [6.07, 6.45) is 1.53. The Bertz CT molecular complexity index is 851. The summed E-state index contributed by atoms with van der Waals surface area (Å²) in [5, 5.41) is 0.543. The van der Waals surface area contributed by atoms with E-state index >= 15 is 0 Å². The fourth-order valence-electron chi connectivity index (χ4n) is 3.40. The molecule has 0 N–H and O–H groups in total. The molecule has 1 aromatic heterocycles. The molecule has 0 saturated carbocycles. The van der Waals surface area contributed by atoms with Gasteiger partial charge in [-0.25, -0.2) is 14.6 Å². The second kappa shape index (κ2) is 9.71. The van der Waals surface area contributed by atoms with Gasteiger partial charge in [-0.05, 0) is 30.7 Å². The number of nitrogens with zero attached hydrogens (tertiary/aromatic N) is 3. The fourth-order valence-corrected chi connectivity index (χ4v) is 3.64. The predicted molar refractivity (Wildman–Crippen MR) is 110 cm³/mol. The molecule has 1 fully saturated rings. The number of rotatable bonds is 6. The molecule has 2 heterocycles. The molecule has 1 aliphatic rings. The van der Waals surface area contributed by atoms with Gasteiger partial charge in [-0.2, -0.15) is 0 Å². The number of halogens is 1. The third-order valence-corrected chi connectivity index (χ3v) is 5.23. The van der Waals surface area contributed by atoms with Crippen LogP contribution >= 0.6 is 11.6 Å². The zero-order chi connectivity index (χ0) is 20.8. The van der Waals surface area contributed by atoms with Crippen molar-refractivity contribution >= 4 is 29.4 Å². The lowest BCUT2D eigenvalue weighted by molar-refractivity contribution is -0.147. The highest BCUT2D eigenvalue weighted by atomic mass is 35.5. The van der Waals surface area contributed by atoms with Crippen molar-refractivity contribution < 1.29 is 19.1 Å². The van der Waals surface area contributed by atoms with Crippen LogP contribution in [0.1, 0.15) is 28.9 Å². The van der Waals surface area contributed by atoms with Gasteiger partial charge in [0, 0.05) is 37.4 Å². The Labute approximate surface area is 175 Å². The number of piperazine rings is 1. The lowest BCUT2D eigenvalue weighted by Crippen LogP contribution is -2.49. The SMILES string of the molecule is CCOC(=O)c1ccc(N2CCN(C(C(=O)OC)c3ccccc3Cl)CC2)nc1. The van der Waals surface area contributed by atoms with Crippen molar-refractivity contribution in [1.29, 1.82) is 0 Å². The smallest absolute Gasteiger partial charge is 0.339 e. The van der Waals surface area contributed by atoms with Gasteiger partial charge in [0.2, 0.25) is 0 Å². The van der Waals surface area contributed by atoms with Crippen LogP contribution in [0.15, 0.2) is 42.6 Å². The van der Waals surface area contributed by atoms with E-state index in [4.69, 9.17) is 21.1 Å². The van der Waals surface area contributed by atoms with Gasteiger partial charge in [0.1, 0.15) is 11.9 Å². The maximum Gasteiger partial charge on any atom is 0.339 e. The lowest BCUT2D eigenvalue weighted by atomic mass is 10.0. The molecule has 8 heteroatoms. The number of carbonyl (C=O) groups is 2. The van der Waals surface area contributed by atoms with Gasteiger partial charge >= 0.3 is 11.9 Å². The van der Waals surface area contributed by atoms with Crippen molar-refractivity contribution in [3.8, 4) is 0 Å². The largest absolute Gasteiger partial charge is 0.468 e. The highest BCUT2D eigenvalue weighted by Crippen LogP contribution is 2.30. The van der Waals surface area contributed by atoms with Crippen LogP contribution in [0.25, 0.3) is 0 Å². The van der Waals surface area contributed by atoms with Gasteiger partial charge in [-0.1, -0.05) is 29.8 Å².